The zero-order valence-corrected chi connectivity index (χ0v) is 56.7. The van der Waals surface area contributed by atoms with Crippen molar-refractivity contribution in [2.45, 2.75) is 202 Å². The van der Waals surface area contributed by atoms with Crippen LogP contribution in [0.5, 0.6) is 0 Å². The minimum atomic E-state index is -1.86. The third-order valence-electron chi connectivity index (χ3n) is 14.6. The van der Waals surface area contributed by atoms with Crippen molar-refractivity contribution in [2.75, 3.05) is 13.7 Å². The number of nitrogens with one attached hydrogen (secondary N) is 10. The number of rotatable bonds is 32. The van der Waals surface area contributed by atoms with Gasteiger partial charge in [0.25, 0.3) is 0 Å². The number of carbonyl (C=O) groups is 12. The highest BCUT2D eigenvalue weighted by atomic mass is 16.6. The monoisotopic (exact) mass is 1280 g/mol. The highest BCUT2D eigenvalue weighted by Gasteiger charge is 2.42. The molecular formula is C67H98N10O15. The van der Waals surface area contributed by atoms with Crippen molar-refractivity contribution in [2.24, 2.45) is 23.7 Å². The van der Waals surface area contributed by atoms with Gasteiger partial charge in [0.2, 0.25) is 53.2 Å². The van der Waals surface area contributed by atoms with Crippen LogP contribution in [0.1, 0.15) is 152 Å². The van der Waals surface area contributed by atoms with Gasteiger partial charge in [-0.2, -0.15) is 0 Å². The van der Waals surface area contributed by atoms with Crippen LogP contribution in [0.3, 0.4) is 0 Å². The molecule has 3 aromatic rings. The van der Waals surface area contributed by atoms with E-state index in [1.165, 1.54) is 48.7 Å². The topological polar surface area (TPSA) is 353 Å². The van der Waals surface area contributed by atoms with E-state index in [0.717, 1.165) is 5.56 Å². The lowest BCUT2D eigenvalue weighted by Crippen LogP contribution is -2.65. The van der Waals surface area contributed by atoms with Gasteiger partial charge < -0.3 is 67.4 Å². The first kappa shape index (κ1) is 77.5. The van der Waals surface area contributed by atoms with Gasteiger partial charge in [0, 0.05) is 17.5 Å². The molecule has 0 radical (unpaired) electrons. The molecular weight excluding hydrogens is 1180 g/mol. The maximum Gasteiger partial charge on any atom is 0.408 e. The Kier molecular flexibility index (Phi) is 28.7. The van der Waals surface area contributed by atoms with E-state index in [9.17, 15) is 57.5 Å². The van der Waals surface area contributed by atoms with Crippen LogP contribution in [-0.4, -0.2) is 149 Å². The molecule has 0 aliphatic carbocycles. The van der Waals surface area contributed by atoms with Crippen LogP contribution in [0.15, 0.2) is 84.9 Å². The lowest BCUT2D eigenvalue weighted by atomic mass is 9.96. The predicted molar refractivity (Wildman–Crippen MR) is 345 cm³/mol. The van der Waals surface area contributed by atoms with Crippen LogP contribution in [0.2, 0.25) is 0 Å². The largest absolute Gasteiger partial charge is 0.467 e. The molecule has 7 atom stereocenters. The molecule has 10 N–H and O–H groups in total. The Labute approximate surface area is 540 Å². The fourth-order valence-electron chi connectivity index (χ4n) is 9.12. The molecule has 25 nitrogen and oxygen atoms in total. The van der Waals surface area contributed by atoms with E-state index in [0.29, 0.717) is 16.7 Å². The summed E-state index contributed by atoms with van der Waals surface area (Å²) in [5.41, 5.74) is -3.86. The second-order valence-corrected chi connectivity index (χ2v) is 26.7. The molecule has 3 aromatic carbocycles. The van der Waals surface area contributed by atoms with E-state index in [1.807, 2.05) is 6.07 Å². The molecule has 0 heterocycles. The summed E-state index contributed by atoms with van der Waals surface area (Å²) in [4.78, 5) is 165. The van der Waals surface area contributed by atoms with E-state index >= 15 is 0 Å². The molecule has 0 aliphatic heterocycles. The normalized spacial score (nSPS) is 14.2. The van der Waals surface area contributed by atoms with Gasteiger partial charge in [-0.1, -0.05) is 140 Å². The van der Waals surface area contributed by atoms with Crippen molar-refractivity contribution in [1.82, 2.24) is 53.2 Å². The van der Waals surface area contributed by atoms with Crippen LogP contribution in [0, 0.1) is 23.7 Å². The number of alkyl carbamates (subject to hydrolysis) is 1. The van der Waals surface area contributed by atoms with Gasteiger partial charge in [-0.05, 0) is 104 Å². The van der Waals surface area contributed by atoms with Gasteiger partial charge >= 0.3 is 12.1 Å². The first-order chi connectivity index (χ1) is 42.6. The number of ketones is 1. The summed E-state index contributed by atoms with van der Waals surface area (Å²) in [6.45, 7) is 27.7. The molecule has 0 bridgehead atoms. The lowest BCUT2D eigenvalue weighted by molar-refractivity contribution is -0.150. The lowest BCUT2D eigenvalue weighted by Gasteiger charge is -2.34. The van der Waals surface area contributed by atoms with Crippen molar-refractivity contribution >= 4 is 71.0 Å². The zero-order chi connectivity index (χ0) is 69.8. The highest BCUT2D eigenvalue weighted by Crippen LogP contribution is 2.18. The summed E-state index contributed by atoms with van der Waals surface area (Å²) >= 11 is 0. The van der Waals surface area contributed by atoms with E-state index < -0.39 is 160 Å². The summed E-state index contributed by atoms with van der Waals surface area (Å²) in [5, 5.41) is 26.4. The summed E-state index contributed by atoms with van der Waals surface area (Å²) in [6, 6.07) is 16.0. The fraction of sp³-hybridized carbons (Fsp3) is 0.552. The highest BCUT2D eigenvalue weighted by molar-refractivity contribution is 6.09. The van der Waals surface area contributed by atoms with Crippen LogP contribution < -0.4 is 53.2 Å². The Bertz CT molecular complexity index is 3070. The van der Waals surface area contributed by atoms with Gasteiger partial charge in [-0.15, -0.1) is 0 Å². The van der Waals surface area contributed by atoms with Crippen molar-refractivity contribution in [3.05, 3.63) is 107 Å². The smallest absolute Gasteiger partial charge is 0.408 e. The van der Waals surface area contributed by atoms with Crippen molar-refractivity contribution in [1.29, 1.82) is 0 Å². The molecule has 25 heteroatoms. The maximum atomic E-state index is 14.8. The van der Waals surface area contributed by atoms with Gasteiger partial charge in [0.15, 0.2) is 5.78 Å². The summed E-state index contributed by atoms with van der Waals surface area (Å²) in [6.07, 6.45) is -2.11. The minimum Gasteiger partial charge on any atom is -0.467 e. The first-order valence-corrected chi connectivity index (χ1v) is 30.8. The molecule has 0 aliphatic rings. The van der Waals surface area contributed by atoms with Crippen molar-refractivity contribution in [3.63, 3.8) is 0 Å². The van der Waals surface area contributed by atoms with Gasteiger partial charge in [0.05, 0.1) is 26.4 Å². The zero-order valence-electron chi connectivity index (χ0n) is 56.7. The van der Waals surface area contributed by atoms with Crippen LogP contribution >= 0.6 is 0 Å². The van der Waals surface area contributed by atoms with Crippen molar-refractivity contribution in [3.8, 4) is 0 Å². The Hall–Kier alpha value is -8.74. The predicted octanol–water partition coefficient (Wildman–Crippen LogP) is 3.98. The number of ether oxygens (including phenoxy) is 3. The molecule has 0 saturated heterocycles. The molecule has 506 valence electrons. The minimum absolute atomic E-state index is 0.0116. The number of carbonyl (C=O) groups excluding carboxylic acids is 12. The van der Waals surface area contributed by atoms with E-state index in [2.05, 4.69) is 53.2 Å². The van der Waals surface area contributed by atoms with Gasteiger partial charge in [-0.3, -0.25) is 47.9 Å². The number of hydrogen-bond acceptors (Lipinski definition) is 15. The Morgan fingerprint density at radius 1 is 0.424 bits per heavy atom. The number of methoxy groups -OCH3 is 1. The third-order valence-corrected chi connectivity index (χ3v) is 14.6. The second kappa shape index (κ2) is 34.1. The summed E-state index contributed by atoms with van der Waals surface area (Å²) < 4.78 is 16.3. The Balaban J connectivity index is 1.95. The molecule has 0 aromatic heterocycles. The van der Waals surface area contributed by atoms with Gasteiger partial charge in [-0.25, -0.2) is 9.59 Å². The van der Waals surface area contributed by atoms with Crippen LogP contribution in [-0.2, 0) is 75.2 Å². The van der Waals surface area contributed by atoms with E-state index in [-0.39, 0.29) is 18.8 Å². The SMILES string of the molecule is COC(=O)C(C)(C)NC(=O)[C@@H](NC(=O)[C@H](NC(=O)C(C)(C)NC(=O)[C@@H](Cc1ccc(C(=O)c2ccccc2)cc1)NC(=O)[C@H](NC(=O)[C@H](NC(=O)C(C)(C)NC(=O)CNC(=O)[C@H](NC(=O)OC(C)(C)C)C(C)C)C(C)C)C(C)C)[C@H](C)OCc1ccccc1)C(C)C. The van der Waals surface area contributed by atoms with Crippen LogP contribution in [0.25, 0.3) is 0 Å². The molecule has 3 rings (SSSR count). The Morgan fingerprint density at radius 3 is 1.35 bits per heavy atom. The molecule has 0 saturated carbocycles. The molecule has 92 heavy (non-hydrogen) atoms. The summed E-state index contributed by atoms with van der Waals surface area (Å²) in [5.74, 6) is -10.4. The van der Waals surface area contributed by atoms with E-state index in [1.54, 1.807) is 162 Å². The third kappa shape index (κ3) is 24.1. The molecule has 0 unspecified atom stereocenters. The van der Waals surface area contributed by atoms with E-state index in [4.69, 9.17) is 14.2 Å². The fourth-order valence-corrected chi connectivity index (χ4v) is 9.12. The first-order valence-electron chi connectivity index (χ1n) is 30.8. The average Bonchev–Trinajstić information content (AvgIpc) is 0.890. The second-order valence-electron chi connectivity index (χ2n) is 26.7. The molecule has 0 spiro atoms. The quantitative estimate of drug-likeness (QED) is 0.0312. The Morgan fingerprint density at radius 2 is 0.848 bits per heavy atom. The standard InChI is InChI=1S/C67H98N10O15/c1-37(2)48(74-63(89)92-64(10,11)12)55(81)68-35-47(78)75-65(13,14)60(86)72-50(39(5)6)57(83)70-49(38(3)4)56(82)69-46(34-42-30-32-45(33-31-42)53(79)44-28-24-21-25-29-44)54(80)76-66(15,16)61(87)73-52(41(9)91-36-43-26-22-20-23-27-43)58(84)71-51(40(7)8)59(85)77-67(17,18)62(88)90-19/h20-33,37-41,46,48-52H,34-36H2,1-19H3,(H,68,81)(H,69,82)(H,70,83)(H,71,84)(H,72,86)(H,73,87)(H,74,89)(H,75,78)(H,76,80)(H,77,85)/t41-,46+,48+,49+,50+,51-,52+/m0/s1. The molecule has 10 amide bonds. The average molecular weight is 1280 g/mol. The number of benzene rings is 3. The molecule has 0 fully saturated rings. The van der Waals surface area contributed by atoms with Crippen LogP contribution in [0.4, 0.5) is 4.79 Å². The number of esters is 1. The van der Waals surface area contributed by atoms with Gasteiger partial charge in [0.1, 0.15) is 58.5 Å². The number of hydrogen-bond donors (Lipinski definition) is 10. The maximum absolute atomic E-state index is 14.8. The van der Waals surface area contributed by atoms with Crippen molar-refractivity contribution < 1.29 is 71.7 Å². The summed E-state index contributed by atoms with van der Waals surface area (Å²) in [7, 11) is 1.17. The number of amides is 10.